The predicted octanol–water partition coefficient (Wildman–Crippen LogP) is 6.61. The zero-order valence-corrected chi connectivity index (χ0v) is 21.1. The zero-order chi connectivity index (χ0) is 24.2. The quantitative estimate of drug-likeness (QED) is 0.284. The minimum Gasteiger partial charge on any atom is -0.467 e. The maximum absolute atomic E-state index is 13.6. The van der Waals surface area contributed by atoms with Crippen molar-refractivity contribution in [3.05, 3.63) is 92.3 Å². The van der Waals surface area contributed by atoms with Crippen LogP contribution in [-0.4, -0.2) is 20.5 Å². The molecule has 0 radical (unpaired) electrons. The van der Waals surface area contributed by atoms with Crippen molar-refractivity contribution in [2.24, 2.45) is 0 Å². The van der Waals surface area contributed by atoms with Gasteiger partial charge in [0, 0.05) is 16.0 Å². The molecule has 34 heavy (non-hydrogen) atoms. The van der Waals surface area contributed by atoms with Crippen LogP contribution in [0.5, 0.6) is 0 Å². The molecule has 2 aromatic heterocycles. The molecule has 1 N–H and O–H groups in total. The number of amides is 2. The highest BCUT2D eigenvalue weighted by atomic mass is 79.9. The van der Waals surface area contributed by atoms with E-state index < -0.39 is 6.04 Å². The van der Waals surface area contributed by atoms with Gasteiger partial charge in [0.05, 0.1) is 35.4 Å². The number of furan rings is 1. The highest BCUT2D eigenvalue weighted by Gasteiger charge is 2.29. The van der Waals surface area contributed by atoms with Gasteiger partial charge in [-0.1, -0.05) is 30.7 Å². The average Bonchev–Trinajstić information content (AvgIpc) is 3.33. The van der Waals surface area contributed by atoms with Gasteiger partial charge in [0.2, 0.25) is 0 Å². The van der Waals surface area contributed by atoms with Crippen molar-refractivity contribution in [3.63, 3.8) is 0 Å². The van der Waals surface area contributed by atoms with E-state index in [0.29, 0.717) is 46.2 Å². The van der Waals surface area contributed by atoms with Gasteiger partial charge in [-0.2, -0.15) is 0 Å². The Balaban J connectivity index is 1.82. The largest absolute Gasteiger partial charge is 0.467 e. The number of para-hydroxylation sites is 1. The van der Waals surface area contributed by atoms with Crippen LogP contribution < -0.4 is 10.9 Å². The summed E-state index contributed by atoms with van der Waals surface area (Å²) < 4.78 is 7.93. The monoisotopic (exact) mass is 542 g/mol. The number of carbonyl (C=O) groups is 1. The molecule has 0 aliphatic carbocycles. The third-order valence-electron chi connectivity index (χ3n) is 5.61. The Labute approximate surface area is 210 Å². The van der Waals surface area contributed by atoms with Crippen LogP contribution >= 0.6 is 27.5 Å². The highest BCUT2D eigenvalue weighted by molar-refractivity contribution is 9.10. The van der Waals surface area contributed by atoms with E-state index in [4.69, 9.17) is 21.0 Å². The molecule has 0 bridgehead atoms. The van der Waals surface area contributed by atoms with E-state index in [1.807, 2.05) is 44.2 Å². The summed E-state index contributed by atoms with van der Waals surface area (Å²) in [6, 6.07) is 15.2. The Bertz CT molecular complexity index is 1370. The number of aromatic nitrogens is 2. The third-order valence-corrected chi connectivity index (χ3v) is 6.53. The van der Waals surface area contributed by atoms with E-state index >= 15 is 0 Å². The Hall–Kier alpha value is -3.10. The molecule has 176 valence electrons. The second kappa shape index (κ2) is 10.4. The molecule has 0 aliphatic heterocycles. The van der Waals surface area contributed by atoms with Crippen LogP contribution in [0.1, 0.15) is 37.9 Å². The first-order chi connectivity index (χ1) is 16.4. The molecule has 4 aromatic rings. The minimum atomic E-state index is -0.497. The summed E-state index contributed by atoms with van der Waals surface area (Å²) in [4.78, 5) is 33.3. The fourth-order valence-electron chi connectivity index (χ4n) is 3.96. The van der Waals surface area contributed by atoms with Crippen molar-refractivity contribution < 1.29 is 9.21 Å². The molecular formula is C25H24BrClN4O3. The number of urea groups is 1. The van der Waals surface area contributed by atoms with Crippen LogP contribution in [0.4, 0.5) is 10.5 Å². The molecule has 2 aromatic carbocycles. The number of anilines is 1. The second-order valence-corrected chi connectivity index (χ2v) is 9.01. The van der Waals surface area contributed by atoms with Crippen molar-refractivity contribution in [1.82, 2.24) is 14.5 Å². The maximum atomic E-state index is 13.6. The van der Waals surface area contributed by atoms with Crippen LogP contribution in [0.15, 0.2) is 74.5 Å². The summed E-state index contributed by atoms with van der Waals surface area (Å²) >= 11 is 9.66. The number of nitrogens with one attached hydrogen (secondary N) is 1. The predicted molar refractivity (Wildman–Crippen MR) is 137 cm³/mol. The molecule has 0 saturated heterocycles. The van der Waals surface area contributed by atoms with Crippen molar-refractivity contribution in [2.45, 2.75) is 39.4 Å². The van der Waals surface area contributed by atoms with Crippen LogP contribution in [0, 0.1) is 0 Å². The average molecular weight is 544 g/mol. The molecule has 0 fully saturated rings. The number of halogens is 2. The number of hydrogen-bond acceptors (Lipinski definition) is 4. The van der Waals surface area contributed by atoms with E-state index in [-0.39, 0.29) is 18.1 Å². The number of benzene rings is 2. The normalized spacial score (nSPS) is 12.0. The lowest BCUT2D eigenvalue weighted by Crippen LogP contribution is -2.40. The lowest BCUT2D eigenvalue weighted by molar-refractivity contribution is 0.169. The van der Waals surface area contributed by atoms with Crippen molar-refractivity contribution in [2.75, 3.05) is 5.32 Å². The number of carbonyl (C=O) groups excluding carboxylic acids is 1. The number of fused-ring (bicyclic) bond motifs is 1. The van der Waals surface area contributed by atoms with Gasteiger partial charge in [-0.05, 0) is 71.7 Å². The number of hydrogen-bond donors (Lipinski definition) is 1. The first-order valence-corrected chi connectivity index (χ1v) is 12.1. The lowest BCUT2D eigenvalue weighted by Gasteiger charge is -2.31. The minimum absolute atomic E-state index is 0.165. The van der Waals surface area contributed by atoms with Crippen molar-refractivity contribution in [3.8, 4) is 0 Å². The van der Waals surface area contributed by atoms with Gasteiger partial charge < -0.3 is 14.6 Å². The van der Waals surface area contributed by atoms with Gasteiger partial charge in [-0.15, -0.1) is 0 Å². The lowest BCUT2D eigenvalue weighted by atomic mass is 10.1. The Morgan fingerprint density at radius 1 is 1.21 bits per heavy atom. The molecule has 7 nitrogen and oxygen atoms in total. The van der Waals surface area contributed by atoms with E-state index in [1.165, 1.54) is 0 Å². The molecule has 0 spiro atoms. The molecule has 2 amide bonds. The molecule has 1 atom stereocenters. The highest BCUT2D eigenvalue weighted by Crippen LogP contribution is 2.29. The molecule has 9 heteroatoms. The Morgan fingerprint density at radius 2 is 2.00 bits per heavy atom. The SMILES string of the molecule is CCC(c1nc2cc(Cl)ccc2c(=O)n1CC)N(Cc1ccco1)C(=O)Nc1ccccc1Br. The van der Waals surface area contributed by atoms with Gasteiger partial charge in [-0.25, -0.2) is 9.78 Å². The second-order valence-electron chi connectivity index (χ2n) is 7.72. The van der Waals surface area contributed by atoms with Crippen LogP contribution in [-0.2, 0) is 13.1 Å². The number of nitrogens with zero attached hydrogens (tertiary/aromatic N) is 3. The summed E-state index contributed by atoms with van der Waals surface area (Å²) in [6.07, 6.45) is 2.10. The van der Waals surface area contributed by atoms with Gasteiger partial charge in [0.1, 0.15) is 11.6 Å². The standard InChI is InChI=1S/C25H24BrClN4O3/c1-3-22(23-28-21-14-16(27)11-12-18(21)24(32)30(23)4-2)31(15-17-8-7-13-34-17)25(33)29-20-10-6-5-9-19(20)26/h5-14,22H,3-4,15H2,1-2H3,(H,29,33). The molecule has 0 saturated carbocycles. The Morgan fingerprint density at radius 3 is 2.68 bits per heavy atom. The smallest absolute Gasteiger partial charge is 0.322 e. The van der Waals surface area contributed by atoms with Crippen LogP contribution in [0.2, 0.25) is 5.02 Å². The van der Waals surface area contributed by atoms with Crippen LogP contribution in [0.25, 0.3) is 10.9 Å². The van der Waals surface area contributed by atoms with E-state index in [0.717, 1.165) is 4.47 Å². The fourth-order valence-corrected chi connectivity index (χ4v) is 4.51. The molecule has 0 aliphatic rings. The molecular weight excluding hydrogens is 520 g/mol. The van der Waals surface area contributed by atoms with E-state index in [2.05, 4.69) is 21.2 Å². The third kappa shape index (κ3) is 4.88. The maximum Gasteiger partial charge on any atom is 0.322 e. The van der Waals surface area contributed by atoms with Gasteiger partial charge >= 0.3 is 6.03 Å². The summed E-state index contributed by atoms with van der Waals surface area (Å²) in [5.41, 5.74) is 0.972. The van der Waals surface area contributed by atoms with Crippen LogP contribution in [0.3, 0.4) is 0 Å². The number of rotatable bonds is 7. The topological polar surface area (TPSA) is 80.4 Å². The zero-order valence-electron chi connectivity index (χ0n) is 18.8. The molecule has 1 unspecified atom stereocenters. The Kier molecular flexibility index (Phi) is 7.38. The van der Waals surface area contributed by atoms with E-state index in [1.54, 1.807) is 40.0 Å². The fraction of sp³-hybridized carbons (Fsp3) is 0.240. The summed E-state index contributed by atoms with van der Waals surface area (Å²) in [5.74, 6) is 1.12. The van der Waals surface area contributed by atoms with E-state index in [9.17, 15) is 9.59 Å². The van der Waals surface area contributed by atoms with Crippen molar-refractivity contribution >= 4 is 50.2 Å². The summed E-state index contributed by atoms with van der Waals surface area (Å²) in [5, 5.41) is 3.95. The van der Waals surface area contributed by atoms with Gasteiger partial charge in [0.15, 0.2) is 0 Å². The van der Waals surface area contributed by atoms with Gasteiger partial charge in [0.25, 0.3) is 5.56 Å². The first-order valence-electron chi connectivity index (χ1n) is 11.0. The summed E-state index contributed by atoms with van der Waals surface area (Å²) in [6.45, 7) is 4.46. The van der Waals surface area contributed by atoms with Crippen molar-refractivity contribution in [1.29, 1.82) is 0 Å². The molecule has 4 rings (SSSR count). The van der Waals surface area contributed by atoms with Gasteiger partial charge in [-0.3, -0.25) is 9.36 Å². The summed E-state index contributed by atoms with van der Waals surface area (Å²) in [7, 11) is 0. The first kappa shape index (κ1) is 24.0. The molecule has 2 heterocycles.